The van der Waals surface area contributed by atoms with Crippen molar-refractivity contribution in [1.82, 2.24) is 10.6 Å². The Morgan fingerprint density at radius 1 is 1.13 bits per heavy atom. The van der Waals surface area contributed by atoms with Gasteiger partial charge in [0.05, 0.1) is 12.6 Å². The molecule has 0 radical (unpaired) electrons. The number of aryl methyl sites for hydroxylation is 1. The topological polar surface area (TPSA) is 64.1 Å². The van der Waals surface area contributed by atoms with Crippen molar-refractivity contribution in [2.45, 2.75) is 32.4 Å². The van der Waals surface area contributed by atoms with Crippen LogP contribution in [0.2, 0.25) is 0 Å². The molecule has 7 heteroatoms. The molecule has 0 saturated carbocycles. The van der Waals surface area contributed by atoms with Crippen LogP contribution in [0.1, 0.15) is 24.0 Å². The van der Waals surface area contributed by atoms with E-state index < -0.39 is 0 Å². The fourth-order valence-electron chi connectivity index (χ4n) is 3.16. The molecule has 6 nitrogen and oxygen atoms in total. The number of benzene rings is 2. The number of para-hydroxylation sites is 1. The Morgan fingerprint density at radius 3 is 2.70 bits per heavy atom. The van der Waals surface area contributed by atoms with Gasteiger partial charge in [-0.2, -0.15) is 0 Å². The van der Waals surface area contributed by atoms with Crippen molar-refractivity contribution in [2.24, 2.45) is 4.99 Å². The summed E-state index contributed by atoms with van der Waals surface area (Å²) in [4.78, 5) is 4.28. The van der Waals surface area contributed by atoms with Gasteiger partial charge in [0.1, 0.15) is 24.7 Å². The van der Waals surface area contributed by atoms with E-state index in [1.54, 1.807) is 7.05 Å². The maximum absolute atomic E-state index is 6.07. The normalized spacial score (nSPS) is 15.9. The Morgan fingerprint density at radius 2 is 1.97 bits per heavy atom. The number of hydrogen-bond acceptors (Lipinski definition) is 4. The summed E-state index contributed by atoms with van der Waals surface area (Å²) in [5, 5.41) is 6.61. The Hall–Kier alpha value is -2.00. The number of hydrogen-bond donors (Lipinski definition) is 2. The lowest BCUT2D eigenvalue weighted by Gasteiger charge is -2.17. The van der Waals surface area contributed by atoms with Crippen LogP contribution in [0, 0.1) is 6.92 Å². The zero-order valence-corrected chi connectivity index (χ0v) is 20.1. The predicted molar refractivity (Wildman–Crippen MR) is 131 cm³/mol. The SMILES string of the molecule is CN=C(NCCOc1ccccc1)NCc1ccc(C)cc1OCC1CCCO1.I. The monoisotopic (exact) mass is 525 g/mol. The van der Waals surface area contributed by atoms with Gasteiger partial charge in [-0.25, -0.2) is 0 Å². The summed E-state index contributed by atoms with van der Waals surface area (Å²) in [5.41, 5.74) is 2.27. The molecule has 0 aromatic heterocycles. The molecule has 1 fully saturated rings. The molecule has 1 aliphatic rings. The molecule has 0 aliphatic carbocycles. The van der Waals surface area contributed by atoms with E-state index in [0.717, 1.165) is 42.5 Å². The summed E-state index contributed by atoms with van der Waals surface area (Å²) in [6.45, 7) is 5.35. The first-order valence-corrected chi connectivity index (χ1v) is 10.2. The first-order valence-electron chi connectivity index (χ1n) is 10.2. The molecule has 0 amide bonds. The standard InChI is InChI=1S/C23H31N3O3.HI/c1-18-10-11-19(22(15-18)29-17-21-9-6-13-27-21)16-26-23(24-2)25-12-14-28-20-7-4-3-5-8-20;/h3-5,7-8,10-11,15,21H,6,9,12-14,16-17H2,1-2H3,(H2,24,25,26);1H. The highest BCUT2D eigenvalue weighted by molar-refractivity contribution is 14.0. The van der Waals surface area contributed by atoms with E-state index in [-0.39, 0.29) is 30.1 Å². The van der Waals surface area contributed by atoms with Gasteiger partial charge < -0.3 is 24.8 Å². The van der Waals surface area contributed by atoms with E-state index in [0.29, 0.717) is 26.3 Å². The lowest BCUT2D eigenvalue weighted by atomic mass is 10.1. The van der Waals surface area contributed by atoms with E-state index in [4.69, 9.17) is 14.2 Å². The molecule has 1 unspecified atom stereocenters. The summed E-state index contributed by atoms with van der Waals surface area (Å²) in [6.07, 6.45) is 2.39. The van der Waals surface area contributed by atoms with Crippen LogP contribution >= 0.6 is 24.0 Å². The number of ether oxygens (including phenoxy) is 3. The first kappa shape index (κ1) is 24.3. The molecule has 30 heavy (non-hydrogen) atoms. The molecule has 1 saturated heterocycles. The van der Waals surface area contributed by atoms with Crippen LogP contribution in [-0.4, -0.2) is 45.5 Å². The molecule has 1 heterocycles. The van der Waals surface area contributed by atoms with Crippen molar-refractivity contribution in [3.8, 4) is 11.5 Å². The van der Waals surface area contributed by atoms with E-state index in [9.17, 15) is 0 Å². The maximum atomic E-state index is 6.07. The molecule has 2 aromatic carbocycles. The molecule has 0 bridgehead atoms. The minimum absolute atomic E-state index is 0. The van der Waals surface area contributed by atoms with Gasteiger partial charge >= 0.3 is 0 Å². The second-order valence-corrected chi connectivity index (χ2v) is 7.07. The second kappa shape index (κ2) is 13.3. The van der Waals surface area contributed by atoms with Crippen LogP contribution in [0.5, 0.6) is 11.5 Å². The Balaban J connectivity index is 0.00000320. The van der Waals surface area contributed by atoms with Crippen LogP contribution in [0.25, 0.3) is 0 Å². The number of rotatable bonds is 9. The first-order chi connectivity index (χ1) is 14.2. The number of halogens is 1. The van der Waals surface area contributed by atoms with Gasteiger partial charge in [-0.05, 0) is 43.5 Å². The van der Waals surface area contributed by atoms with Gasteiger partial charge in [-0.3, -0.25) is 4.99 Å². The van der Waals surface area contributed by atoms with Crippen molar-refractivity contribution >= 4 is 29.9 Å². The molecule has 2 N–H and O–H groups in total. The Kier molecular flexibility index (Phi) is 10.8. The highest BCUT2D eigenvalue weighted by Crippen LogP contribution is 2.22. The summed E-state index contributed by atoms with van der Waals surface area (Å²) in [7, 11) is 1.76. The zero-order chi connectivity index (χ0) is 20.3. The van der Waals surface area contributed by atoms with Gasteiger partial charge in [0.15, 0.2) is 5.96 Å². The highest BCUT2D eigenvalue weighted by Gasteiger charge is 2.17. The minimum atomic E-state index is 0. The minimum Gasteiger partial charge on any atom is -0.492 e. The van der Waals surface area contributed by atoms with Crippen LogP contribution < -0.4 is 20.1 Å². The largest absolute Gasteiger partial charge is 0.492 e. The fourth-order valence-corrected chi connectivity index (χ4v) is 3.16. The Labute approximate surface area is 196 Å². The van der Waals surface area contributed by atoms with Gasteiger partial charge in [0.25, 0.3) is 0 Å². The summed E-state index contributed by atoms with van der Waals surface area (Å²) >= 11 is 0. The highest BCUT2D eigenvalue weighted by atomic mass is 127. The van der Waals surface area contributed by atoms with Crippen molar-refractivity contribution in [3.05, 3.63) is 59.7 Å². The van der Waals surface area contributed by atoms with E-state index in [2.05, 4.69) is 40.7 Å². The van der Waals surface area contributed by atoms with Gasteiger partial charge in [-0.1, -0.05) is 30.3 Å². The summed E-state index contributed by atoms with van der Waals surface area (Å²) < 4.78 is 17.4. The number of aliphatic imine (C=N–C) groups is 1. The van der Waals surface area contributed by atoms with E-state index in [1.165, 1.54) is 5.56 Å². The molecular formula is C23H32IN3O3. The third-order valence-corrected chi connectivity index (χ3v) is 4.75. The van der Waals surface area contributed by atoms with Gasteiger partial charge in [-0.15, -0.1) is 24.0 Å². The number of nitrogens with one attached hydrogen (secondary N) is 2. The van der Waals surface area contributed by atoms with Crippen molar-refractivity contribution < 1.29 is 14.2 Å². The lowest BCUT2D eigenvalue weighted by molar-refractivity contribution is 0.0676. The molecule has 1 atom stereocenters. The van der Waals surface area contributed by atoms with E-state index in [1.807, 2.05) is 30.3 Å². The second-order valence-electron chi connectivity index (χ2n) is 7.07. The maximum Gasteiger partial charge on any atom is 0.191 e. The number of nitrogens with zero attached hydrogens (tertiary/aromatic N) is 1. The third-order valence-electron chi connectivity index (χ3n) is 4.75. The van der Waals surface area contributed by atoms with Crippen molar-refractivity contribution in [1.29, 1.82) is 0 Å². The van der Waals surface area contributed by atoms with Gasteiger partial charge in [0, 0.05) is 25.8 Å². The van der Waals surface area contributed by atoms with Crippen LogP contribution in [-0.2, 0) is 11.3 Å². The molecule has 0 spiro atoms. The van der Waals surface area contributed by atoms with Gasteiger partial charge in [0.2, 0.25) is 0 Å². The third kappa shape index (κ3) is 8.02. The molecular weight excluding hydrogens is 493 g/mol. The zero-order valence-electron chi connectivity index (χ0n) is 17.7. The average Bonchev–Trinajstić information content (AvgIpc) is 3.27. The van der Waals surface area contributed by atoms with Crippen LogP contribution in [0.4, 0.5) is 0 Å². The predicted octanol–water partition coefficient (Wildman–Crippen LogP) is 3.91. The lowest BCUT2D eigenvalue weighted by Crippen LogP contribution is -2.39. The summed E-state index contributed by atoms with van der Waals surface area (Å²) in [6, 6.07) is 16.1. The van der Waals surface area contributed by atoms with E-state index >= 15 is 0 Å². The molecule has 3 rings (SSSR count). The molecule has 2 aromatic rings. The van der Waals surface area contributed by atoms with Crippen LogP contribution in [0.3, 0.4) is 0 Å². The fraction of sp³-hybridized carbons (Fsp3) is 0.435. The molecule has 164 valence electrons. The quantitative estimate of drug-likeness (QED) is 0.225. The summed E-state index contributed by atoms with van der Waals surface area (Å²) in [5.74, 6) is 2.49. The average molecular weight is 525 g/mol. The smallest absolute Gasteiger partial charge is 0.191 e. The molecule has 1 aliphatic heterocycles. The van der Waals surface area contributed by atoms with Crippen molar-refractivity contribution in [3.63, 3.8) is 0 Å². The Bertz CT molecular complexity index is 781. The van der Waals surface area contributed by atoms with Crippen LogP contribution in [0.15, 0.2) is 53.5 Å². The number of guanidine groups is 1. The van der Waals surface area contributed by atoms with Crippen molar-refractivity contribution in [2.75, 3.05) is 33.4 Å².